The zero-order valence-electron chi connectivity index (χ0n) is 8.91. The Kier molecular flexibility index (Phi) is 2.41. The Balaban J connectivity index is 1.76. The molecule has 0 amide bonds. The van der Waals surface area contributed by atoms with Crippen LogP contribution in [0.25, 0.3) is 0 Å². The third kappa shape index (κ3) is 1.76. The number of nitrogens with one attached hydrogen (secondary N) is 1. The highest BCUT2D eigenvalue weighted by Gasteiger charge is 2.38. The van der Waals surface area contributed by atoms with E-state index in [0.717, 1.165) is 0 Å². The van der Waals surface area contributed by atoms with Gasteiger partial charge in [-0.1, -0.05) is 0 Å². The van der Waals surface area contributed by atoms with E-state index in [1.165, 1.54) is 50.6 Å². The fourth-order valence-electron chi connectivity index (χ4n) is 2.89. The highest BCUT2D eigenvalue weighted by atomic mass is 32.1. The predicted octanol–water partition coefficient (Wildman–Crippen LogP) is 1.72. The molecule has 1 atom stereocenters. The van der Waals surface area contributed by atoms with E-state index in [1.54, 1.807) is 11.3 Å². The Morgan fingerprint density at radius 1 is 1.47 bits per heavy atom. The van der Waals surface area contributed by atoms with Crippen molar-refractivity contribution in [3.8, 4) is 0 Å². The summed E-state index contributed by atoms with van der Waals surface area (Å²) in [7, 11) is 0. The van der Waals surface area contributed by atoms with Crippen LogP contribution < -0.4 is 10.2 Å². The smallest absolute Gasteiger partial charge is 0.185 e. The van der Waals surface area contributed by atoms with Crippen LogP contribution in [0.3, 0.4) is 0 Å². The summed E-state index contributed by atoms with van der Waals surface area (Å²) in [5.74, 6) is 0. The first-order valence-corrected chi connectivity index (χ1v) is 6.61. The van der Waals surface area contributed by atoms with Crippen molar-refractivity contribution in [1.29, 1.82) is 0 Å². The lowest BCUT2D eigenvalue weighted by Gasteiger charge is -2.39. The van der Waals surface area contributed by atoms with Crippen molar-refractivity contribution < 1.29 is 0 Å². The lowest BCUT2D eigenvalue weighted by Crippen LogP contribution is -2.44. The standard InChI is InChI=1S/C11H17N3S/c1-2-11(3-4-12-8-11)9-14(6-1)10-13-5-7-15-10/h5,7,12H,1-4,6,8-9H2/t11-/m0/s1. The minimum Gasteiger partial charge on any atom is -0.347 e. The fraction of sp³-hybridized carbons (Fsp3) is 0.727. The molecule has 4 heteroatoms. The fourth-order valence-corrected chi connectivity index (χ4v) is 3.56. The molecule has 1 aromatic rings. The lowest BCUT2D eigenvalue weighted by atomic mass is 9.79. The molecule has 3 rings (SSSR count). The van der Waals surface area contributed by atoms with Gasteiger partial charge in [0.2, 0.25) is 0 Å². The zero-order valence-corrected chi connectivity index (χ0v) is 9.72. The first-order valence-electron chi connectivity index (χ1n) is 5.73. The molecule has 2 aliphatic heterocycles. The van der Waals surface area contributed by atoms with Crippen molar-refractivity contribution in [3.63, 3.8) is 0 Å². The van der Waals surface area contributed by atoms with Crippen LogP contribution in [0.2, 0.25) is 0 Å². The molecule has 0 radical (unpaired) electrons. The van der Waals surface area contributed by atoms with Crippen LogP contribution >= 0.6 is 11.3 Å². The number of piperidine rings is 1. The van der Waals surface area contributed by atoms with E-state index >= 15 is 0 Å². The molecule has 1 aromatic heterocycles. The number of thiazole rings is 1. The largest absolute Gasteiger partial charge is 0.347 e. The molecule has 2 saturated heterocycles. The van der Waals surface area contributed by atoms with Gasteiger partial charge in [-0.25, -0.2) is 4.98 Å². The molecular weight excluding hydrogens is 206 g/mol. The van der Waals surface area contributed by atoms with Gasteiger partial charge in [-0.3, -0.25) is 0 Å². The third-order valence-electron chi connectivity index (χ3n) is 3.68. The maximum Gasteiger partial charge on any atom is 0.185 e. The third-order valence-corrected chi connectivity index (χ3v) is 4.52. The van der Waals surface area contributed by atoms with Crippen molar-refractivity contribution in [2.75, 3.05) is 31.1 Å². The molecule has 0 aliphatic carbocycles. The molecular formula is C11H17N3S. The monoisotopic (exact) mass is 223 g/mol. The maximum atomic E-state index is 4.42. The van der Waals surface area contributed by atoms with E-state index in [0.29, 0.717) is 5.41 Å². The molecule has 2 aliphatic rings. The van der Waals surface area contributed by atoms with Crippen molar-refractivity contribution in [1.82, 2.24) is 10.3 Å². The van der Waals surface area contributed by atoms with Crippen LogP contribution in [0.15, 0.2) is 11.6 Å². The Morgan fingerprint density at radius 2 is 2.47 bits per heavy atom. The van der Waals surface area contributed by atoms with Gasteiger partial charge in [0.05, 0.1) is 0 Å². The molecule has 0 saturated carbocycles. The number of hydrogen-bond donors (Lipinski definition) is 1. The molecule has 0 unspecified atom stereocenters. The van der Waals surface area contributed by atoms with E-state index in [2.05, 4.69) is 20.6 Å². The Morgan fingerprint density at radius 3 is 3.20 bits per heavy atom. The number of aromatic nitrogens is 1. The molecule has 82 valence electrons. The highest BCUT2D eigenvalue weighted by molar-refractivity contribution is 7.13. The summed E-state index contributed by atoms with van der Waals surface area (Å²) in [6.07, 6.45) is 5.96. The number of nitrogens with zero attached hydrogens (tertiary/aromatic N) is 2. The number of anilines is 1. The van der Waals surface area contributed by atoms with Crippen LogP contribution in [0.4, 0.5) is 5.13 Å². The second-order valence-corrected chi connectivity index (χ2v) is 5.64. The van der Waals surface area contributed by atoms with Gasteiger partial charge in [0, 0.05) is 36.6 Å². The lowest BCUT2D eigenvalue weighted by molar-refractivity contribution is 0.261. The second kappa shape index (κ2) is 3.76. The van der Waals surface area contributed by atoms with E-state index in [1.807, 2.05) is 6.20 Å². The van der Waals surface area contributed by atoms with Crippen molar-refractivity contribution in [2.24, 2.45) is 5.41 Å². The maximum absolute atomic E-state index is 4.42. The summed E-state index contributed by atoms with van der Waals surface area (Å²) in [5, 5.41) is 6.79. The Bertz CT molecular complexity index is 317. The second-order valence-electron chi connectivity index (χ2n) is 4.77. The highest BCUT2D eigenvalue weighted by Crippen LogP contribution is 2.37. The van der Waals surface area contributed by atoms with Gasteiger partial charge in [0.25, 0.3) is 0 Å². The van der Waals surface area contributed by atoms with Crippen LogP contribution in [-0.2, 0) is 0 Å². The molecule has 0 bridgehead atoms. The summed E-state index contributed by atoms with van der Waals surface area (Å²) in [6, 6.07) is 0. The average Bonchev–Trinajstić information content (AvgIpc) is 2.89. The first kappa shape index (κ1) is 9.60. The van der Waals surface area contributed by atoms with Crippen LogP contribution in [0.1, 0.15) is 19.3 Å². The van der Waals surface area contributed by atoms with Gasteiger partial charge in [-0.05, 0) is 25.8 Å². The molecule has 0 aromatic carbocycles. The summed E-state index contributed by atoms with van der Waals surface area (Å²) < 4.78 is 0. The van der Waals surface area contributed by atoms with Crippen LogP contribution in [-0.4, -0.2) is 31.2 Å². The minimum absolute atomic E-state index is 0.546. The average molecular weight is 223 g/mol. The topological polar surface area (TPSA) is 28.2 Å². The van der Waals surface area contributed by atoms with Gasteiger partial charge in [-0.15, -0.1) is 11.3 Å². The molecule has 1 N–H and O–H groups in total. The number of hydrogen-bond acceptors (Lipinski definition) is 4. The predicted molar refractivity (Wildman–Crippen MR) is 63.5 cm³/mol. The summed E-state index contributed by atoms with van der Waals surface area (Å²) in [6.45, 7) is 4.80. The minimum atomic E-state index is 0.546. The zero-order chi connectivity index (χ0) is 10.1. The van der Waals surface area contributed by atoms with Gasteiger partial charge in [-0.2, -0.15) is 0 Å². The Labute approximate surface area is 94.5 Å². The van der Waals surface area contributed by atoms with E-state index < -0.39 is 0 Å². The van der Waals surface area contributed by atoms with Gasteiger partial charge < -0.3 is 10.2 Å². The van der Waals surface area contributed by atoms with E-state index in [-0.39, 0.29) is 0 Å². The van der Waals surface area contributed by atoms with E-state index in [9.17, 15) is 0 Å². The molecule has 15 heavy (non-hydrogen) atoms. The van der Waals surface area contributed by atoms with Crippen molar-refractivity contribution in [2.45, 2.75) is 19.3 Å². The first-order chi connectivity index (χ1) is 7.38. The van der Waals surface area contributed by atoms with Crippen molar-refractivity contribution in [3.05, 3.63) is 11.6 Å². The summed E-state index contributed by atoms with van der Waals surface area (Å²) >= 11 is 1.77. The SMILES string of the molecule is c1csc(N2CCC[C@@]3(CCNC3)C2)n1. The summed E-state index contributed by atoms with van der Waals surface area (Å²) in [4.78, 5) is 6.89. The Hall–Kier alpha value is -0.610. The molecule has 3 nitrogen and oxygen atoms in total. The van der Waals surface area contributed by atoms with Crippen LogP contribution in [0, 0.1) is 5.41 Å². The molecule has 3 heterocycles. The van der Waals surface area contributed by atoms with E-state index in [4.69, 9.17) is 0 Å². The van der Waals surface area contributed by atoms with Gasteiger partial charge in [0.1, 0.15) is 0 Å². The summed E-state index contributed by atoms with van der Waals surface area (Å²) in [5.41, 5.74) is 0.546. The van der Waals surface area contributed by atoms with Crippen LogP contribution in [0.5, 0.6) is 0 Å². The van der Waals surface area contributed by atoms with Gasteiger partial charge >= 0.3 is 0 Å². The normalized spacial score (nSPS) is 31.3. The van der Waals surface area contributed by atoms with Crippen molar-refractivity contribution >= 4 is 16.5 Å². The molecule has 1 spiro atoms. The van der Waals surface area contributed by atoms with Gasteiger partial charge in [0.15, 0.2) is 5.13 Å². The molecule has 2 fully saturated rings. The quantitative estimate of drug-likeness (QED) is 0.786. The number of rotatable bonds is 1.